The standard InChI is InChI=1S/C10H9Br2NO3S/c11-6-3-5(17-9(6)12)4-13-7(10(15)16)1-2-8(13)14/h3,7H,1-2,4H2,(H,15,16). The number of carboxylic acid groups (broad SMARTS) is 1. The predicted octanol–water partition coefficient (Wildman–Crippen LogP) is 2.85. The molecule has 1 fully saturated rings. The lowest BCUT2D eigenvalue weighted by molar-refractivity contribution is -0.146. The van der Waals surface area contributed by atoms with Crippen molar-refractivity contribution in [3.63, 3.8) is 0 Å². The zero-order valence-electron chi connectivity index (χ0n) is 8.65. The topological polar surface area (TPSA) is 57.6 Å². The van der Waals surface area contributed by atoms with Crippen LogP contribution in [0.4, 0.5) is 0 Å². The second-order valence-corrected chi connectivity index (χ2v) is 7.06. The Hall–Kier alpha value is -0.400. The number of carbonyl (C=O) groups excluding carboxylic acids is 1. The maximum absolute atomic E-state index is 11.6. The summed E-state index contributed by atoms with van der Waals surface area (Å²) in [5.41, 5.74) is 0. The van der Waals surface area contributed by atoms with Crippen molar-refractivity contribution in [3.05, 3.63) is 19.2 Å². The van der Waals surface area contributed by atoms with Gasteiger partial charge in [0, 0.05) is 15.8 Å². The highest BCUT2D eigenvalue weighted by molar-refractivity contribution is 9.13. The zero-order valence-corrected chi connectivity index (χ0v) is 12.6. The fourth-order valence-electron chi connectivity index (χ4n) is 1.83. The van der Waals surface area contributed by atoms with Crippen LogP contribution in [-0.4, -0.2) is 27.9 Å². The van der Waals surface area contributed by atoms with Crippen LogP contribution in [0.1, 0.15) is 17.7 Å². The summed E-state index contributed by atoms with van der Waals surface area (Å²) in [5.74, 6) is -1.01. The fraction of sp³-hybridized carbons (Fsp3) is 0.400. The molecule has 1 amide bonds. The van der Waals surface area contributed by atoms with E-state index in [0.717, 1.165) is 13.1 Å². The molecule has 92 valence electrons. The average Bonchev–Trinajstić information content (AvgIpc) is 2.74. The van der Waals surface area contributed by atoms with Crippen molar-refractivity contribution in [3.8, 4) is 0 Å². The van der Waals surface area contributed by atoms with Crippen LogP contribution in [0.25, 0.3) is 0 Å². The van der Waals surface area contributed by atoms with Crippen LogP contribution in [0.5, 0.6) is 0 Å². The van der Waals surface area contributed by atoms with Gasteiger partial charge in [0.2, 0.25) is 5.91 Å². The van der Waals surface area contributed by atoms with E-state index in [9.17, 15) is 9.59 Å². The van der Waals surface area contributed by atoms with Crippen molar-refractivity contribution >= 4 is 55.1 Å². The largest absolute Gasteiger partial charge is 0.480 e. The molecule has 1 aromatic heterocycles. The Morgan fingerprint density at radius 2 is 2.29 bits per heavy atom. The summed E-state index contributed by atoms with van der Waals surface area (Å²) in [7, 11) is 0. The molecule has 1 aliphatic rings. The van der Waals surface area contributed by atoms with Crippen LogP contribution in [0.3, 0.4) is 0 Å². The Bertz CT molecular complexity index is 455. The van der Waals surface area contributed by atoms with E-state index in [2.05, 4.69) is 31.9 Å². The van der Waals surface area contributed by atoms with E-state index in [0.29, 0.717) is 19.4 Å². The first-order valence-electron chi connectivity index (χ1n) is 4.95. The highest BCUT2D eigenvalue weighted by Gasteiger charge is 2.36. The number of hydrogen-bond donors (Lipinski definition) is 1. The number of carboxylic acids is 1. The summed E-state index contributed by atoms with van der Waals surface area (Å²) in [4.78, 5) is 25.0. The second kappa shape index (κ2) is 5.07. The molecule has 1 saturated heterocycles. The van der Waals surface area contributed by atoms with E-state index < -0.39 is 12.0 Å². The van der Waals surface area contributed by atoms with Crippen LogP contribution in [0.15, 0.2) is 14.3 Å². The molecule has 17 heavy (non-hydrogen) atoms. The molecule has 2 rings (SSSR count). The van der Waals surface area contributed by atoms with Crippen LogP contribution < -0.4 is 0 Å². The molecule has 0 aliphatic carbocycles. The minimum atomic E-state index is -0.925. The van der Waals surface area contributed by atoms with Crippen LogP contribution in [0, 0.1) is 0 Å². The van der Waals surface area contributed by atoms with Crippen LogP contribution in [-0.2, 0) is 16.1 Å². The van der Waals surface area contributed by atoms with Gasteiger partial charge in [-0.05, 0) is 44.3 Å². The lowest BCUT2D eigenvalue weighted by Crippen LogP contribution is -2.37. The van der Waals surface area contributed by atoms with Crippen molar-refractivity contribution in [2.75, 3.05) is 0 Å². The first-order chi connectivity index (χ1) is 7.99. The number of likely N-dealkylation sites (tertiary alicyclic amines) is 1. The van der Waals surface area contributed by atoms with E-state index in [-0.39, 0.29) is 5.91 Å². The van der Waals surface area contributed by atoms with E-state index in [4.69, 9.17) is 5.11 Å². The van der Waals surface area contributed by atoms with Crippen molar-refractivity contribution in [2.24, 2.45) is 0 Å². The Morgan fingerprint density at radius 3 is 2.82 bits per heavy atom. The Balaban J connectivity index is 2.16. The minimum absolute atomic E-state index is 0.0851. The van der Waals surface area contributed by atoms with Crippen molar-refractivity contribution in [1.82, 2.24) is 4.90 Å². The fourth-order valence-corrected chi connectivity index (χ4v) is 4.00. The van der Waals surface area contributed by atoms with Crippen molar-refractivity contribution < 1.29 is 14.7 Å². The number of hydrogen-bond acceptors (Lipinski definition) is 3. The molecule has 0 aromatic carbocycles. The minimum Gasteiger partial charge on any atom is -0.480 e. The van der Waals surface area contributed by atoms with Gasteiger partial charge in [0.25, 0.3) is 0 Å². The molecule has 0 radical (unpaired) electrons. The van der Waals surface area contributed by atoms with E-state index in [1.54, 1.807) is 0 Å². The molecule has 0 bridgehead atoms. The number of aliphatic carboxylic acids is 1. The van der Waals surface area contributed by atoms with Gasteiger partial charge in [0.1, 0.15) is 6.04 Å². The van der Waals surface area contributed by atoms with Gasteiger partial charge in [-0.25, -0.2) is 4.79 Å². The van der Waals surface area contributed by atoms with E-state index >= 15 is 0 Å². The molecule has 1 unspecified atom stereocenters. The Morgan fingerprint density at radius 1 is 1.59 bits per heavy atom. The first-order valence-corrected chi connectivity index (χ1v) is 7.35. The maximum atomic E-state index is 11.6. The number of carbonyl (C=O) groups is 2. The average molecular weight is 383 g/mol. The van der Waals surface area contributed by atoms with Gasteiger partial charge in [-0.2, -0.15) is 0 Å². The van der Waals surface area contributed by atoms with Gasteiger partial charge in [-0.1, -0.05) is 0 Å². The number of rotatable bonds is 3. The molecule has 0 saturated carbocycles. The zero-order chi connectivity index (χ0) is 12.6. The van der Waals surface area contributed by atoms with Crippen LogP contribution in [0.2, 0.25) is 0 Å². The third kappa shape index (κ3) is 2.71. The number of amides is 1. The van der Waals surface area contributed by atoms with Crippen molar-refractivity contribution in [1.29, 1.82) is 0 Å². The maximum Gasteiger partial charge on any atom is 0.326 e. The summed E-state index contributed by atoms with van der Waals surface area (Å²) < 4.78 is 1.88. The quantitative estimate of drug-likeness (QED) is 0.874. The number of nitrogens with zero attached hydrogens (tertiary/aromatic N) is 1. The molecule has 0 spiro atoms. The third-order valence-corrected chi connectivity index (χ3v) is 5.88. The molecule has 1 aliphatic heterocycles. The summed E-state index contributed by atoms with van der Waals surface area (Å²) in [6.45, 7) is 0.366. The summed E-state index contributed by atoms with van der Waals surface area (Å²) in [6, 6.07) is 1.22. The summed E-state index contributed by atoms with van der Waals surface area (Å²) in [5, 5.41) is 9.03. The molecule has 1 atom stereocenters. The number of thiophene rings is 1. The van der Waals surface area contributed by atoms with Gasteiger partial charge in [-0.3, -0.25) is 4.79 Å². The highest BCUT2D eigenvalue weighted by Crippen LogP contribution is 2.34. The van der Waals surface area contributed by atoms with Gasteiger partial charge < -0.3 is 10.0 Å². The Labute approximate surface area is 119 Å². The molecule has 1 N–H and O–H groups in total. The van der Waals surface area contributed by atoms with Crippen molar-refractivity contribution in [2.45, 2.75) is 25.4 Å². The lowest BCUT2D eigenvalue weighted by Gasteiger charge is -2.20. The molecule has 4 nitrogen and oxygen atoms in total. The predicted molar refractivity (Wildman–Crippen MR) is 70.9 cm³/mol. The molecular weight excluding hydrogens is 374 g/mol. The highest BCUT2D eigenvalue weighted by atomic mass is 79.9. The monoisotopic (exact) mass is 381 g/mol. The molecular formula is C10H9Br2NO3S. The van der Waals surface area contributed by atoms with E-state index in [1.165, 1.54) is 16.2 Å². The Kier molecular flexibility index (Phi) is 3.89. The third-order valence-electron chi connectivity index (χ3n) is 2.64. The van der Waals surface area contributed by atoms with Gasteiger partial charge in [0.05, 0.1) is 10.3 Å². The molecule has 7 heteroatoms. The molecule has 1 aromatic rings. The lowest BCUT2D eigenvalue weighted by atomic mass is 10.2. The molecule has 2 heterocycles. The number of halogens is 2. The summed E-state index contributed by atoms with van der Waals surface area (Å²) >= 11 is 8.24. The second-order valence-electron chi connectivity index (χ2n) is 3.75. The van der Waals surface area contributed by atoms with E-state index in [1.807, 2.05) is 6.07 Å². The van der Waals surface area contributed by atoms with Gasteiger partial charge >= 0.3 is 5.97 Å². The van der Waals surface area contributed by atoms with Gasteiger partial charge in [-0.15, -0.1) is 11.3 Å². The normalized spacial score (nSPS) is 20.0. The summed E-state index contributed by atoms with van der Waals surface area (Å²) in [6.07, 6.45) is 0.729. The van der Waals surface area contributed by atoms with Crippen LogP contribution >= 0.6 is 43.2 Å². The van der Waals surface area contributed by atoms with Gasteiger partial charge in [0.15, 0.2) is 0 Å². The first kappa shape index (κ1) is 13.0. The smallest absolute Gasteiger partial charge is 0.326 e. The SMILES string of the molecule is O=C(O)C1CCC(=O)N1Cc1cc(Br)c(Br)s1.